The number of halogens is 1. The Morgan fingerprint density at radius 2 is 2.29 bits per heavy atom. The Bertz CT molecular complexity index is 366. The fraction of sp³-hybridized carbons (Fsp3) is 0.222. The lowest BCUT2D eigenvalue weighted by atomic mass is 10.2. The molecular formula is C9H9FN2O2. The normalized spacial score (nSPS) is 9.57. The fourth-order valence-corrected chi connectivity index (χ4v) is 0.940. The number of hydrogen-bond donors (Lipinski definition) is 1. The van der Waals surface area contributed by atoms with Crippen LogP contribution in [-0.4, -0.2) is 5.91 Å². The predicted molar refractivity (Wildman–Crippen MR) is 50.8 cm³/mol. The van der Waals surface area contributed by atoms with E-state index in [0.29, 0.717) is 0 Å². The van der Waals surface area contributed by atoms with Gasteiger partial charge < -0.3 is 5.32 Å². The summed E-state index contributed by atoms with van der Waals surface area (Å²) in [4.78, 5) is 21.3. The van der Waals surface area contributed by atoms with Gasteiger partial charge in [-0.2, -0.15) is 0 Å². The molecule has 0 bridgehead atoms. The Morgan fingerprint density at radius 3 is 2.86 bits per heavy atom. The SMILES string of the molecule is CCC(=O)Nc1c(F)cccc1N=O. The first-order chi connectivity index (χ1) is 6.69. The van der Waals surface area contributed by atoms with Gasteiger partial charge in [-0.05, 0) is 17.3 Å². The maximum Gasteiger partial charge on any atom is 0.224 e. The highest BCUT2D eigenvalue weighted by Gasteiger charge is 2.10. The van der Waals surface area contributed by atoms with E-state index in [0.717, 1.165) is 6.07 Å². The van der Waals surface area contributed by atoms with Crippen molar-refractivity contribution in [2.24, 2.45) is 5.18 Å². The van der Waals surface area contributed by atoms with Gasteiger partial charge in [0.2, 0.25) is 5.91 Å². The average molecular weight is 196 g/mol. The van der Waals surface area contributed by atoms with Crippen molar-refractivity contribution in [1.29, 1.82) is 0 Å². The van der Waals surface area contributed by atoms with Crippen LogP contribution in [0, 0.1) is 10.7 Å². The van der Waals surface area contributed by atoms with E-state index >= 15 is 0 Å². The molecule has 4 nitrogen and oxygen atoms in total. The van der Waals surface area contributed by atoms with Crippen LogP contribution in [0.25, 0.3) is 0 Å². The third-order valence-corrected chi connectivity index (χ3v) is 1.68. The van der Waals surface area contributed by atoms with E-state index in [4.69, 9.17) is 0 Å². The summed E-state index contributed by atoms with van der Waals surface area (Å²) in [6.45, 7) is 1.63. The molecule has 0 aliphatic carbocycles. The molecule has 0 aliphatic heterocycles. The van der Waals surface area contributed by atoms with Crippen molar-refractivity contribution in [3.63, 3.8) is 0 Å². The molecule has 1 aromatic rings. The molecule has 0 fully saturated rings. The molecule has 0 unspecified atom stereocenters. The molecule has 0 atom stereocenters. The molecule has 0 radical (unpaired) electrons. The zero-order chi connectivity index (χ0) is 10.6. The molecule has 14 heavy (non-hydrogen) atoms. The zero-order valence-electron chi connectivity index (χ0n) is 7.58. The molecule has 5 heteroatoms. The third kappa shape index (κ3) is 2.12. The summed E-state index contributed by atoms with van der Waals surface area (Å²) < 4.78 is 13.1. The maximum atomic E-state index is 13.1. The van der Waals surface area contributed by atoms with Crippen molar-refractivity contribution >= 4 is 17.3 Å². The number of anilines is 1. The molecule has 0 saturated carbocycles. The Labute approximate surface area is 80.1 Å². The van der Waals surface area contributed by atoms with Gasteiger partial charge in [0.15, 0.2) is 0 Å². The van der Waals surface area contributed by atoms with Crippen molar-refractivity contribution < 1.29 is 9.18 Å². The molecule has 0 aliphatic rings. The van der Waals surface area contributed by atoms with Crippen LogP contribution in [0.4, 0.5) is 15.8 Å². The summed E-state index contributed by atoms with van der Waals surface area (Å²) in [6, 6.07) is 3.84. The number of para-hydroxylation sites is 1. The highest BCUT2D eigenvalue weighted by molar-refractivity contribution is 5.93. The lowest BCUT2D eigenvalue weighted by Gasteiger charge is -2.05. The van der Waals surface area contributed by atoms with E-state index in [-0.39, 0.29) is 23.7 Å². The van der Waals surface area contributed by atoms with E-state index in [2.05, 4.69) is 10.5 Å². The molecule has 0 spiro atoms. The van der Waals surface area contributed by atoms with Gasteiger partial charge in [-0.1, -0.05) is 13.0 Å². The van der Waals surface area contributed by atoms with Crippen molar-refractivity contribution in [2.45, 2.75) is 13.3 Å². The summed E-state index contributed by atoms with van der Waals surface area (Å²) in [5.41, 5.74) is -0.263. The molecule has 1 amide bonds. The van der Waals surface area contributed by atoms with E-state index in [9.17, 15) is 14.1 Å². The van der Waals surface area contributed by atoms with Crippen LogP contribution in [0.1, 0.15) is 13.3 Å². The van der Waals surface area contributed by atoms with Gasteiger partial charge in [-0.3, -0.25) is 4.79 Å². The van der Waals surface area contributed by atoms with Crippen LogP contribution < -0.4 is 5.32 Å². The van der Waals surface area contributed by atoms with Gasteiger partial charge in [-0.15, -0.1) is 4.91 Å². The van der Waals surface area contributed by atoms with Crippen LogP contribution in [-0.2, 0) is 4.79 Å². The second-order valence-electron chi connectivity index (χ2n) is 2.63. The number of carbonyl (C=O) groups is 1. The minimum Gasteiger partial charge on any atom is -0.322 e. The molecule has 0 aromatic heterocycles. The maximum absolute atomic E-state index is 13.1. The zero-order valence-corrected chi connectivity index (χ0v) is 7.58. The number of amides is 1. The van der Waals surface area contributed by atoms with Crippen LogP contribution in [0.5, 0.6) is 0 Å². The Hall–Kier alpha value is -1.78. The number of rotatable bonds is 3. The second-order valence-corrected chi connectivity index (χ2v) is 2.63. The standard InChI is InChI=1S/C9H9FN2O2/c1-2-8(13)11-9-6(10)4-3-5-7(9)12-14/h3-5H,2H2,1H3,(H,11,13). The number of nitrogens with zero attached hydrogens (tertiary/aromatic N) is 1. The summed E-state index contributed by atoms with van der Waals surface area (Å²) in [6.07, 6.45) is 0.215. The number of nitrogens with one attached hydrogen (secondary N) is 1. The topological polar surface area (TPSA) is 58.5 Å². The summed E-state index contributed by atoms with van der Waals surface area (Å²) in [5.74, 6) is -1.02. The smallest absolute Gasteiger partial charge is 0.224 e. The van der Waals surface area contributed by atoms with Gasteiger partial charge in [0, 0.05) is 6.42 Å². The molecule has 1 N–H and O–H groups in total. The van der Waals surface area contributed by atoms with E-state index in [1.165, 1.54) is 12.1 Å². The summed E-state index contributed by atoms with van der Waals surface area (Å²) >= 11 is 0. The minimum atomic E-state index is -0.663. The molecule has 1 aromatic carbocycles. The quantitative estimate of drug-likeness (QED) is 0.755. The molecular weight excluding hydrogens is 187 g/mol. The first-order valence-electron chi connectivity index (χ1n) is 4.10. The van der Waals surface area contributed by atoms with E-state index in [1.807, 2.05) is 0 Å². The lowest BCUT2D eigenvalue weighted by molar-refractivity contribution is -0.115. The highest BCUT2D eigenvalue weighted by Crippen LogP contribution is 2.27. The Morgan fingerprint density at radius 1 is 1.57 bits per heavy atom. The molecule has 74 valence electrons. The summed E-state index contributed by atoms with van der Waals surface area (Å²) in [7, 11) is 0. The van der Waals surface area contributed by atoms with Gasteiger partial charge in [0.1, 0.15) is 17.2 Å². The van der Waals surface area contributed by atoms with Crippen LogP contribution in [0.2, 0.25) is 0 Å². The number of hydrogen-bond acceptors (Lipinski definition) is 3. The molecule has 1 rings (SSSR count). The number of carbonyl (C=O) groups excluding carboxylic acids is 1. The average Bonchev–Trinajstić information content (AvgIpc) is 2.20. The van der Waals surface area contributed by atoms with Gasteiger partial charge >= 0.3 is 0 Å². The van der Waals surface area contributed by atoms with Gasteiger partial charge in [0.05, 0.1) is 0 Å². The van der Waals surface area contributed by atoms with Crippen LogP contribution in [0.15, 0.2) is 23.4 Å². The highest BCUT2D eigenvalue weighted by atomic mass is 19.1. The van der Waals surface area contributed by atoms with Crippen LogP contribution in [0.3, 0.4) is 0 Å². The van der Waals surface area contributed by atoms with Crippen molar-refractivity contribution in [3.05, 3.63) is 28.9 Å². The number of nitroso groups, excluding NO2 is 1. The largest absolute Gasteiger partial charge is 0.322 e. The van der Waals surface area contributed by atoms with E-state index < -0.39 is 5.82 Å². The Balaban J connectivity index is 3.04. The second kappa shape index (κ2) is 4.45. The molecule has 0 heterocycles. The number of benzene rings is 1. The van der Waals surface area contributed by atoms with Crippen LogP contribution >= 0.6 is 0 Å². The van der Waals surface area contributed by atoms with Crippen molar-refractivity contribution in [3.8, 4) is 0 Å². The first-order valence-corrected chi connectivity index (χ1v) is 4.10. The van der Waals surface area contributed by atoms with Gasteiger partial charge in [0.25, 0.3) is 0 Å². The Kier molecular flexibility index (Phi) is 3.28. The fourth-order valence-electron chi connectivity index (χ4n) is 0.940. The first kappa shape index (κ1) is 10.3. The monoisotopic (exact) mass is 196 g/mol. The minimum absolute atomic E-state index is 0.105. The summed E-state index contributed by atoms with van der Waals surface area (Å²) in [5, 5.41) is 4.89. The van der Waals surface area contributed by atoms with Crippen molar-refractivity contribution in [2.75, 3.05) is 5.32 Å². The predicted octanol–water partition coefficient (Wildman–Crippen LogP) is 2.57. The molecule has 0 saturated heterocycles. The third-order valence-electron chi connectivity index (χ3n) is 1.68. The van der Waals surface area contributed by atoms with Gasteiger partial charge in [-0.25, -0.2) is 4.39 Å². The van der Waals surface area contributed by atoms with Crippen molar-refractivity contribution in [1.82, 2.24) is 0 Å². The lowest BCUT2D eigenvalue weighted by Crippen LogP contribution is -2.10. The van der Waals surface area contributed by atoms with E-state index in [1.54, 1.807) is 6.92 Å².